The lowest BCUT2D eigenvalue weighted by Gasteiger charge is -2.32. The van der Waals surface area contributed by atoms with Crippen LogP contribution in [0.4, 0.5) is 0 Å². The molecule has 8 nitrogen and oxygen atoms in total. The van der Waals surface area contributed by atoms with E-state index in [2.05, 4.69) is 10.6 Å². The van der Waals surface area contributed by atoms with Crippen molar-refractivity contribution in [2.45, 2.75) is 19.4 Å². The number of nitrogens with one attached hydrogen (secondary N) is 2. The minimum Gasteiger partial charge on any atom is -0.347 e. The van der Waals surface area contributed by atoms with Crippen LogP contribution in [0.2, 0.25) is 0 Å². The number of piperazine rings is 1. The fraction of sp³-hybridized carbons (Fsp3) is 0.600. The number of carbonyl (C=O) groups excluding carboxylic acids is 4. The molecule has 18 heavy (non-hydrogen) atoms. The van der Waals surface area contributed by atoms with E-state index in [1.165, 1.54) is 0 Å². The molecule has 4 amide bonds. The number of amides is 4. The SMILES string of the molecule is CCC1C(=O)NC(=O)CN1C(=O)C(=O)NCCN. The van der Waals surface area contributed by atoms with Crippen LogP contribution >= 0.6 is 0 Å². The largest absolute Gasteiger partial charge is 0.347 e. The van der Waals surface area contributed by atoms with E-state index in [4.69, 9.17) is 5.73 Å². The van der Waals surface area contributed by atoms with Crippen molar-refractivity contribution in [3.05, 3.63) is 0 Å². The third kappa shape index (κ3) is 3.04. The highest BCUT2D eigenvalue weighted by atomic mass is 16.2. The summed E-state index contributed by atoms with van der Waals surface area (Å²) >= 11 is 0. The quantitative estimate of drug-likeness (QED) is 0.375. The highest BCUT2D eigenvalue weighted by Crippen LogP contribution is 2.09. The molecule has 1 atom stereocenters. The number of nitrogens with two attached hydrogens (primary N) is 1. The van der Waals surface area contributed by atoms with Gasteiger partial charge in [-0.25, -0.2) is 0 Å². The zero-order valence-electron chi connectivity index (χ0n) is 10.1. The summed E-state index contributed by atoms with van der Waals surface area (Å²) in [5, 5.41) is 4.43. The fourth-order valence-electron chi connectivity index (χ4n) is 1.68. The van der Waals surface area contributed by atoms with Gasteiger partial charge in [0.1, 0.15) is 12.6 Å². The molecule has 1 aliphatic heterocycles. The van der Waals surface area contributed by atoms with Crippen molar-refractivity contribution in [1.29, 1.82) is 0 Å². The lowest BCUT2D eigenvalue weighted by Crippen LogP contribution is -2.61. The maximum atomic E-state index is 11.8. The summed E-state index contributed by atoms with van der Waals surface area (Å²) in [5.74, 6) is -2.90. The highest BCUT2D eigenvalue weighted by Gasteiger charge is 2.37. The van der Waals surface area contributed by atoms with Crippen molar-refractivity contribution in [1.82, 2.24) is 15.5 Å². The zero-order chi connectivity index (χ0) is 13.7. The van der Waals surface area contributed by atoms with E-state index in [0.29, 0.717) is 6.42 Å². The van der Waals surface area contributed by atoms with Gasteiger partial charge in [-0.2, -0.15) is 0 Å². The number of rotatable bonds is 3. The van der Waals surface area contributed by atoms with Crippen LogP contribution in [0.15, 0.2) is 0 Å². The maximum absolute atomic E-state index is 11.8. The van der Waals surface area contributed by atoms with Gasteiger partial charge >= 0.3 is 11.8 Å². The summed E-state index contributed by atoms with van der Waals surface area (Å²) in [7, 11) is 0. The van der Waals surface area contributed by atoms with Crippen LogP contribution in [0.3, 0.4) is 0 Å². The second-order valence-corrected chi connectivity index (χ2v) is 3.81. The van der Waals surface area contributed by atoms with Gasteiger partial charge in [-0.15, -0.1) is 0 Å². The smallest absolute Gasteiger partial charge is 0.313 e. The third-order valence-electron chi connectivity index (χ3n) is 2.53. The molecule has 4 N–H and O–H groups in total. The molecule has 0 radical (unpaired) electrons. The predicted octanol–water partition coefficient (Wildman–Crippen LogP) is -2.68. The first-order valence-electron chi connectivity index (χ1n) is 5.63. The van der Waals surface area contributed by atoms with Crippen LogP contribution in [0.25, 0.3) is 0 Å². The Kier molecular flexibility index (Phi) is 4.78. The Morgan fingerprint density at radius 1 is 1.50 bits per heavy atom. The number of hydrogen-bond acceptors (Lipinski definition) is 5. The normalized spacial score (nSPS) is 19.4. The van der Waals surface area contributed by atoms with Gasteiger partial charge in [-0.1, -0.05) is 6.92 Å². The van der Waals surface area contributed by atoms with E-state index in [1.807, 2.05) is 0 Å². The van der Waals surface area contributed by atoms with Crippen molar-refractivity contribution in [3.8, 4) is 0 Å². The van der Waals surface area contributed by atoms with Crippen LogP contribution in [0, 0.1) is 0 Å². The van der Waals surface area contributed by atoms with Gasteiger partial charge in [0.25, 0.3) is 0 Å². The molecule has 1 fully saturated rings. The highest BCUT2D eigenvalue weighted by molar-refractivity contribution is 6.36. The van der Waals surface area contributed by atoms with Crippen molar-refractivity contribution >= 4 is 23.6 Å². The number of hydrogen-bond donors (Lipinski definition) is 3. The Bertz CT molecular complexity index is 382. The maximum Gasteiger partial charge on any atom is 0.313 e. The number of carbonyl (C=O) groups is 4. The molecule has 0 spiro atoms. The average molecular weight is 256 g/mol. The van der Waals surface area contributed by atoms with Crippen LogP contribution in [0.1, 0.15) is 13.3 Å². The standard InChI is InChI=1S/C10H16N4O4/c1-2-6-8(16)13-7(15)5-14(6)10(18)9(17)12-4-3-11/h6H,2-5,11H2,1H3,(H,12,17)(H,13,15,16). The van der Waals surface area contributed by atoms with E-state index >= 15 is 0 Å². The molecule has 8 heteroatoms. The lowest BCUT2D eigenvalue weighted by molar-refractivity contribution is -0.154. The molecule has 0 aliphatic carbocycles. The van der Waals surface area contributed by atoms with Crippen LogP contribution in [-0.2, 0) is 19.2 Å². The first kappa shape index (κ1) is 14.1. The summed E-state index contributed by atoms with van der Waals surface area (Å²) in [6.45, 7) is 1.77. The molecule has 0 bridgehead atoms. The van der Waals surface area contributed by atoms with E-state index in [-0.39, 0.29) is 19.6 Å². The molecule has 0 aromatic heterocycles. The molecule has 1 unspecified atom stereocenters. The van der Waals surface area contributed by atoms with Gasteiger partial charge < -0.3 is 16.0 Å². The molecule has 0 aromatic carbocycles. The van der Waals surface area contributed by atoms with E-state index in [1.54, 1.807) is 6.92 Å². The molecule has 1 saturated heterocycles. The van der Waals surface area contributed by atoms with Crippen molar-refractivity contribution in [3.63, 3.8) is 0 Å². The van der Waals surface area contributed by atoms with Crippen LogP contribution < -0.4 is 16.4 Å². The summed E-state index contributed by atoms with van der Waals surface area (Å²) < 4.78 is 0. The fourth-order valence-corrected chi connectivity index (χ4v) is 1.68. The van der Waals surface area contributed by atoms with Gasteiger partial charge in [-0.3, -0.25) is 24.5 Å². The van der Waals surface area contributed by atoms with Gasteiger partial charge in [0, 0.05) is 13.1 Å². The van der Waals surface area contributed by atoms with Crippen molar-refractivity contribution < 1.29 is 19.2 Å². The summed E-state index contributed by atoms with van der Waals surface area (Å²) in [4.78, 5) is 47.0. The molecule has 1 aliphatic rings. The Morgan fingerprint density at radius 2 is 2.17 bits per heavy atom. The predicted molar refractivity (Wildman–Crippen MR) is 61.0 cm³/mol. The number of nitrogens with zero attached hydrogens (tertiary/aromatic N) is 1. The zero-order valence-corrected chi connectivity index (χ0v) is 10.1. The second kappa shape index (κ2) is 6.10. The van der Waals surface area contributed by atoms with E-state index in [0.717, 1.165) is 4.90 Å². The Balaban J connectivity index is 2.77. The van der Waals surface area contributed by atoms with Crippen LogP contribution in [0.5, 0.6) is 0 Å². The van der Waals surface area contributed by atoms with Crippen LogP contribution in [-0.4, -0.2) is 54.2 Å². The molecule has 0 saturated carbocycles. The summed E-state index contributed by atoms with van der Waals surface area (Å²) in [6.07, 6.45) is 0.328. The van der Waals surface area contributed by atoms with Crippen molar-refractivity contribution in [2.75, 3.05) is 19.6 Å². The Labute approximate surface area is 104 Å². The van der Waals surface area contributed by atoms with E-state index < -0.39 is 29.7 Å². The van der Waals surface area contributed by atoms with Gasteiger partial charge in [-0.05, 0) is 6.42 Å². The first-order chi connectivity index (χ1) is 8.51. The molecule has 0 aromatic rings. The monoisotopic (exact) mass is 256 g/mol. The third-order valence-corrected chi connectivity index (χ3v) is 2.53. The Hall–Kier alpha value is -1.96. The summed E-state index contributed by atoms with van der Waals surface area (Å²) in [5.41, 5.74) is 5.20. The minimum atomic E-state index is -0.890. The average Bonchev–Trinajstić information content (AvgIpc) is 2.34. The molecule has 100 valence electrons. The van der Waals surface area contributed by atoms with Gasteiger partial charge in [0.05, 0.1) is 0 Å². The van der Waals surface area contributed by atoms with Gasteiger partial charge in [0.15, 0.2) is 0 Å². The Morgan fingerprint density at radius 3 is 2.72 bits per heavy atom. The second-order valence-electron chi connectivity index (χ2n) is 3.81. The van der Waals surface area contributed by atoms with E-state index in [9.17, 15) is 19.2 Å². The molecule has 1 rings (SSSR count). The number of imide groups is 1. The van der Waals surface area contributed by atoms with Gasteiger partial charge in [0.2, 0.25) is 11.8 Å². The molecular weight excluding hydrogens is 240 g/mol. The lowest BCUT2D eigenvalue weighted by atomic mass is 10.1. The molecular formula is C10H16N4O4. The minimum absolute atomic E-state index is 0.162. The molecule has 1 heterocycles. The topological polar surface area (TPSA) is 122 Å². The first-order valence-corrected chi connectivity index (χ1v) is 5.63. The van der Waals surface area contributed by atoms with Crippen molar-refractivity contribution in [2.24, 2.45) is 5.73 Å². The summed E-state index contributed by atoms with van der Waals surface area (Å²) in [6, 6.07) is -0.793.